The number of hydrogen-bond donors (Lipinski definition) is 3. The lowest BCUT2D eigenvalue weighted by atomic mass is 9.59. The Morgan fingerprint density at radius 2 is 1.12 bits per heavy atom. The van der Waals surface area contributed by atoms with Crippen molar-refractivity contribution < 1.29 is 38.2 Å². The topological polar surface area (TPSA) is 165 Å². The summed E-state index contributed by atoms with van der Waals surface area (Å²) in [5, 5.41) is 5.65. The summed E-state index contributed by atoms with van der Waals surface area (Å²) in [7, 11) is 0. The number of carbonyl (C=O) groups is 5. The summed E-state index contributed by atoms with van der Waals surface area (Å²) < 4.78 is 19.6. The van der Waals surface area contributed by atoms with Gasteiger partial charge in [-0.15, -0.1) is 11.8 Å². The molecule has 2 aromatic carbocycles. The lowest BCUT2D eigenvalue weighted by molar-refractivity contribution is -0.164. The van der Waals surface area contributed by atoms with E-state index in [0.29, 0.717) is 64.1 Å². The van der Waals surface area contributed by atoms with Crippen molar-refractivity contribution in [2.24, 2.45) is 73.0 Å². The van der Waals surface area contributed by atoms with Crippen LogP contribution in [-0.2, 0) is 33.4 Å². The summed E-state index contributed by atoms with van der Waals surface area (Å²) in [6.07, 6.45) is 5.67. The highest BCUT2D eigenvalue weighted by molar-refractivity contribution is 8.00. The number of rotatable bonds is 16. The zero-order chi connectivity index (χ0) is 61.9. The number of nitrogens with one attached hydrogen (secondary N) is 3. The van der Waals surface area contributed by atoms with Crippen LogP contribution in [0.2, 0.25) is 0 Å². The second-order valence-corrected chi connectivity index (χ2v) is 31.8. The number of aliphatic imine (C=N–C) groups is 1. The first-order valence-electron chi connectivity index (χ1n) is 30.6. The molecular weight excluding hydrogens is 1060 g/mol. The number of esters is 3. The average molecular weight is 1160 g/mol. The molecule has 1 aromatic heterocycles. The van der Waals surface area contributed by atoms with Crippen molar-refractivity contribution >= 4 is 64.8 Å². The summed E-state index contributed by atoms with van der Waals surface area (Å²) in [4.78, 5) is 81.8. The molecule has 2 saturated carbocycles. The smallest absolute Gasteiger partial charge is 0.342 e. The van der Waals surface area contributed by atoms with E-state index in [1.807, 2.05) is 109 Å². The van der Waals surface area contributed by atoms with Crippen molar-refractivity contribution in [1.29, 1.82) is 0 Å². The van der Waals surface area contributed by atoms with Gasteiger partial charge in [-0.25, -0.2) is 14.6 Å². The Balaban J connectivity index is 1.59. The van der Waals surface area contributed by atoms with Crippen LogP contribution in [0.5, 0.6) is 0 Å². The fourth-order valence-electron chi connectivity index (χ4n) is 12.3. The number of thioether (sulfide) groups is 1. The molecule has 83 heavy (non-hydrogen) atoms. The van der Waals surface area contributed by atoms with Crippen molar-refractivity contribution in [3.05, 3.63) is 88.8 Å². The minimum Gasteiger partial charge on any atom is -0.465 e. The Kier molecular flexibility index (Phi) is 20.9. The molecule has 3 aliphatic rings. The minimum absolute atomic E-state index is 0.0302. The van der Waals surface area contributed by atoms with Gasteiger partial charge in [0.25, 0.3) is 0 Å². The third-order valence-corrected chi connectivity index (χ3v) is 19.1. The van der Waals surface area contributed by atoms with Crippen molar-refractivity contribution in [1.82, 2.24) is 10.3 Å². The van der Waals surface area contributed by atoms with Gasteiger partial charge in [0.05, 0.1) is 28.7 Å². The standard InChI is InChI=1S/C70H102N4O8S/c1-22-70(20,21)64(79)80-34-29-35-83-43(4)60(75)73-58-54(61(76)81-56-46(65(5,6)7)36-41(2)37-47(56)66(8,9)10)52(44-30-25-23-26-31-44)50(71-58)40-51-53(45-32-27-24-28-33-45)55(59(72-51)74-63(78)69(17,18)19)62(77)82-57-48(67(11,12)13)38-42(3)39-49(57)68(14,15)16/h23-28,30-33,40-43,46-49,56-57,71H,22,29,34-39H2,1-21H3,(H,73,75)(H,72,74,78). The number of amidine groups is 1. The molecule has 2 heterocycles. The summed E-state index contributed by atoms with van der Waals surface area (Å²) in [6, 6.07) is 19.1. The van der Waals surface area contributed by atoms with Crippen LogP contribution in [0.1, 0.15) is 206 Å². The Hall–Kier alpha value is -5.43. The fourth-order valence-corrected chi connectivity index (χ4v) is 13.1. The fraction of sp³-hybridized carbons (Fsp3) is 0.629. The molecule has 12 nitrogen and oxygen atoms in total. The number of H-pyrrole nitrogens is 1. The van der Waals surface area contributed by atoms with E-state index >= 15 is 9.59 Å². The molecule has 5 atom stereocenters. The molecule has 2 fully saturated rings. The van der Waals surface area contributed by atoms with Gasteiger partial charge in [0.15, 0.2) is 0 Å². The predicted octanol–water partition coefficient (Wildman–Crippen LogP) is 16.4. The van der Waals surface area contributed by atoms with Crippen LogP contribution in [0.4, 0.5) is 5.82 Å². The van der Waals surface area contributed by atoms with Gasteiger partial charge in [-0.05, 0) is 116 Å². The molecule has 0 spiro atoms. The van der Waals surface area contributed by atoms with E-state index in [1.165, 1.54) is 11.8 Å². The van der Waals surface area contributed by atoms with Crippen LogP contribution >= 0.6 is 11.8 Å². The average Bonchev–Trinajstić information content (AvgIpc) is 4.03. The summed E-state index contributed by atoms with van der Waals surface area (Å²) in [5.74, 6) is -0.369. The first kappa shape index (κ1) is 66.7. The Morgan fingerprint density at radius 3 is 1.57 bits per heavy atom. The maximum Gasteiger partial charge on any atom is 0.342 e. The highest BCUT2D eigenvalue weighted by Crippen LogP contribution is 2.52. The number of allylic oxidation sites excluding steroid dienone is 1. The molecule has 0 saturated heterocycles. The largest absolute Gasteiger partial charge is 0.465 e. The molecule has 0 radical (unpaired) electrons. The van der Waals surface area contributed by atoms with Gasteiger partial charge < -0.3 is 29.8 Å². The molecule has 13 heteroatoms. The van der Waals surface area contributed by atoms with E-state index in [9.17, 15) is 14.4 Å². The lowest BCUT2D eigenvalue weighted by Gasteiger charge is -2.50. The molecule has 456 valence electrons. The SMILES string of the molecule is CCC(C)(C)C(=O)OCCCSC(C)C(=O)Nc1[nH]c(C=C2N=C(NC(=O)C(C)(C)C)C(C(=O)OC3C(C(C)(C)C)CC(C)CC3C(C)(C)C)=C2c2ccccc2)c(-c2ccccc2)c1C(=O)OC1C(C(C)(C)C)CC(C)CC1C(C)(C)C. The lowest BCUT2D eigenvalue weighted by Crippen LogP contribution is -2.50. The van der Waals surface area contributed by atoms with Crippen molar-refractivity contribution in [2.45, 2.75) is 201 Å². The molecule has 1 aliphatic heterocycles. The normalized spacial score (nSPS) is 23.8. The van der Waals surface area contributed by atoms with Gasteiger partial charge in [-0.2, -0.15) is 0 Å². The van der Waals surface area contributed by atoms with E-state index in [-0.39, 0.29) is 92.5 Å². The van der Waals surface area contributed by atoms with Crippen molar-refractivity contribution in [3.8, 4) is 11.1 Å². The minimum atomic E-state index is -0.865. The monoisotopic (exact) mass is 1160 g/mol. The highest BCUT2D eigenvalue weighted by Gasteiger charge is 2.51. The van der Waals surface area contributed by atoms with Gasteiger partial charge in [0, 0.05) is 40.2 Å². The molecule has 6 rings (SSSR count). The van der Waals surface area contributed by atoms with E-state index in [0.717, 1.165) is 25.7 Å². The number of aromatic amines is 1. The number of amides is 2. The summed E-state index contributed by atoms with van der Waals surface area (Å²) in [6.45, 7) is 44.4. The Bertz CT molecular complexity index is 2850. The summed E-state index contributed by atoms with van der Waals surface area (Å²) >= 11 is 1.43. The number of carbonyl (C=O) groups excluding carboxylic acids is 5. The first-order valence-corrected chi connectivity index (χ1v) is 31.6. The molecule has 2 amide bonds. The van der Waals surface area contributed by atoms with Gasteiger partial charge in [-0.1, -0.05) is 185 Å². The van der Waals surface area contributed by atoms with E-state index < -0.39 is 40.2 Å². The highest BCUT2D eigenvalue weighted by atomic mass is 32.2. The van der Waals surface area contributed by atoms with Gasteiger partial charge >= 0.3 is 17.9 Å². The van der Waals surface area contributed by atoms with Crippen molar-refractivity contribution in [2.75, 3.05) is 17.7 Å². The molecule has 0 bridgehead atoms. The van der Waals surface area contributed by atoms with Crippen molar-refractivity contribution in [3.63, 3.8) is 0 Å². The number of aromatic nitrogens is 1. The number of ether oxygens (including phenoxy) is 3. The number of nitrogens with zero attached hydrogens (tertiary/aromatic N) is 1. The molecule has 2 aliphatic carbocycles. The Labute approximate surface area is 502 Å². The van der Waals surface area contributed by atoms with E-state index in [2.05, 4.69) is 113 Å². The molecule has 3 aromatic rings. The zero-order valence-electron chi connectivity index (χ0n) is 54.3. The Morgan fingerprint density at radius 1 is 0.663 bits per heavy atom. The summed E-state index contributed by atoms with van der Waals surface area (Å²) in [5.41, 5.74) is 1.02. The molecular formula is C70H102N4O8S. The molecule has 5 unspecified atom stereocenters. The maximum atomic E-state index is 15.8. The maximum absolute atomic E-state index is 15.8. The zero-order valence-corrected chi connectivity index (χ0v) is 55.1. The van der Waals surface area contributed by atoms with Crippen LogP contribution in [0.25, 0.3) is 22.8 Å². The van der Waals surface area contributed by atoms with Gasteiger partial charge in [0.1, 0.15) is 35.0 Å². The second-order valence-electron chi connectivity index (χ2n) is 30.4. The quantitative estimate of drug-likeness (QED) is 0.0719. The van der Waals surface area contributed by atoms with Crippen LogP contribution in [0.15, 0.2) is 76.9 Å². The van der Waals surface area contributed by atoms with Gasteiger partial charge in [-0.3, -0.25) is 14.4 Å². The van der Waals surface area contributed by atoms with Crippen LogP contribution < -0.4 is 10.6 Å². The van der Waals surface area contributed by atoms with Crippen LogP contribution in [0.3, 0.4) is 0 Å². The predicted molar refractivity (Wildman–Crippen MR) is 340 cm³/mol. The van der Waals surface area contributed by atoms with Crippen LogP contribution in [-0.4, -0.2) is 70.4 Å². The number of benzene rings is 2. The van der Waals surface area contributed by atoms with Crippen LogP contribution in [0, 0.1) is 68.0 Å². The third-order valence-electron chi connectivity index (χ3n) is 17.8. The molecule has 3 N–H and O–H groups in total. The van der Waals surface area contributed by atoms with E-state index in [4.69, 9.17) is 19.2 Å². The van der Waals surface area contributed by atoms with E-state index in [1.54, 1.807) is 6.08 Å². The number of anilines is 1. The number of hydrogen-bond acceptors (Lipinski definition) is 10. The van der Waals surface area contributed by atoms with Gasteiger partial charge in [0.2, 0.25) is 11.8 Å². The second kappa shape index (κ2) is 26.0. The first-order chi connectivity index (χ1) is 38.3. The third kappa shape index (κ3) is 16.3.